The minimum Gasteiger partial charge on any atom is -0.459 e. The Morgan fingerprint density at radius 2 is 2.07 bits per heavy atom. The molecule has 4 atom stereocenters. The van der Waals surface area contributed by atoms with E-state index in [0.29, 0.717) is 30.1 Å². The predicted octanol–water partition coefficient (Wildman–Crippen LogP) is 2.51. The fourth-order valence-corrected chi connectivity index (χ4v) is 5.74. The molecule has 1 aromatic heterocycles. The van der Waals surface area contributed by atoms with Gasteiger partial charge >= 0.3 is 0 Å². The van der Waals surface area contributed by atoms with Gasteiger partial charge in [-0.05, 0) is 75.6 Å². The molecule has 6 heteroatoms. The molecule has 0 radical (unpaired) electrons. The number of hydrogen-bond donors (Lipinski definition) is 1. The zero-order chi connectivity index (χ0) is 18.8. The second-order valence-electron chi connectivity index (χ2n) is 8.30. The third kappa shape index (κ3) is 3.64. The van der Waals surface area contributed by atoms with Crippen LogP contribution in [0.5, 0.6) is 0 Å². The summed E-state index contributed by atoms with van der Waals surface area (Å²) in [7, 11) is 1.68. The monoisotopic (exact) mass is 373 g/mol. The summed E-state index contributed by atoms with van der Waals surface area (Å²) in [6.45, 7) is 3.23. The molecule has 1 N–H and O–H groups in total. The number of rotatable bonds is 5. The molecular formula is C21H31N3O3. The SMILES string of the molecule is CNC(=O)CCC[C@@H]1[C@H]2CCCN3CCC[C@@H](CN1C(=O)c1ccco1)[C@@H]23. The first-order valence-corrected chi connectivity index (χ1v) is 10.5. The van der Waals surface area contributed by atoms with E-state index in [1.54, 1.807) is 25.4 Å². The van der Waals surface area contributed by atoms with Crippen molar-refractivity contribution in [1.82, 2.24) is 15.1 Å². The molecule has 0 aliphatic carbocycles. The van der Waals surface area contributed by atoms with Crippen LogP contribution in [0.1, 0.15) is 55.5 Å². The molecule has 4 heterocycles. The first-order chi connectivity index (χ1) is 13.2. The highest BCUT2D eigenvalue weighted by Crippen LogP contribution is 2.43. The first kappa shape index (κ1) is 18.5. The average molecular weight is 373 g/mol. The maximum atomic E-state index is 13.2. The molecule has 0 saturated carbocycles. The predicted molar refractivity (Wildman–Crippen MR) is 102 cm³/mol. The fraction of sp³-hybridized carbons (Fsp3) is 0.714. The molecular weight excluding hydrogens is 342 g/mol. The molecule has 0 unspecified atom stereocenters. The number of carbonyl (C=O) groups is 2. The maximum absolute atomic E-state index is 13.2. The van der Waals surface area contributed by atoms with Gasteiger partial charge in [-0.1, -0.05) is 0 Å². The summed E-state index contributed by atoms with van der Waals surface area (Å²) in [6.07, 6.45) is 8.65. The standard InChI is InChI=1S/C21H31N3O3/c1-22-19(25)10-2-8-17-16-7-4-12-23-11-3-6-15(20(16)23)14-24(17)21(26)18-9-5-13-27-18/h5,9,13,15-17,20H,2-4,6-8,10-12,14H2,1H3,(H,22,25)/t15-,16+,17+,20-/m0/s1. The van der Waals surface area contributed by atoms with E-state index < -0.39 is 0 Å². The summed E-state index contributed by atoms with van der Waals surface area (Å²) in [5.74, 6) is 1.62. The highest BCUT2D eigenvalue weighted by atomic mass is 16.3. The molecule has 4 rings (SSSR count). The van der Waals surface area contributed by atoms with E-state index in [9.17, 15) is 9.59 Å². The highest BCUT2D eigenvalue weighted by molar-refractivity contribution is 5.91. The highest BCUT2D eigenvalue weighted by Gasteiger charge is 2.49. The van der Waals surface area contributed by atoms with E-state index in [4.69, 9.17) is 4.42 Å². The number of furan rings is 1. The minimum atomic E-state index is 0.0195. The van der Waals surface area contributed by atoms with Crippen LogP contribution in [-0.4, -0.2) is 60.4 Å². The summed E-state index contributed by atoms with van der Waals surface area (Å²) in [5.41, 5.74) is 0. The van der Waals surface area contributed by atoms with Gasteiger partial charge in [0.05, 0.1) is 6.26 Å². The van der Waals surface area contributed by atoms with Crippen molar-refractivity contribution in [2.24, 2.45) is 11.8 Å². The Morgan fingerprint density at radius 3 is 2.81 bits per heavy atom. The normalized spacial score (nSPS) is 30.6. The van der Waals surface area contributed by atoms with Gasteiger partial charge in [0.15, 0.2) is 5.76 Å². The number of nitrogens with zero attached hydrogens (tertiary/aromatic N) is 2. The Morgan fingerprint density at radius 1 is 1.26 bits per heavy atom. The van der Waals surface area contributed by atoms with Crippen molar-refractivity contribution in [2.75, 3.05) is 26.7 Å². The van der Waals surface area contributed by atoms with Gasteiger partial charge in [0, 0.05) is 32.1 Å². The van der Waals surface area contributed by atoms with Gasteiger partial charge in [0.2, 0.25) is 5.91 Å². The Hall–Kier alpha value is -1.82. The Balaban J connectivity index is 1.57. The van der Waals surface area contributed by atoms with E-state index in [-0.39, 0.29) is 17.9 Å². The molecule has 2 amide bonds. The molecule has 3 aliphatic heterocycles. The number of likely N-dealkylation sites (tertiary alicyclic amines) is 1. The third-order valence-electron chi connectivity index (χ3n) is 6.85. The Bertz CT molecular complexity index is 658. The van der Waals surface area contributed by atoms with Crippen molar-refractivity contribution in [3.63, 3.8) is 0 Å². The van der Waals surface area contributed by atoms with Crippen molar-refractivity contribution >= 4 is 11.8 Å². The van der Waals surface area contributed by atoms with Crippen LogP contribution in [0.25, 0.3) is 0 Å². The van der Waals surface area contributed by atoms with Crippen LogP contribution >= 0.6 is 0 Å². The summed E-state index contributed by atoms with van der Waals surface area (Å²) in [4.78, 5) is 29.7. The summed E-state index contributed by atoms with van der Waals surface area (Å²) in [6, 6.07) is 4.36. The third-order valence-corrected chi connectivity index (χ3v) is 6.85. The lowest BCUT2D eigenvalue weighted by atomic mass is 9.69. The van der Waals surface area contributed by atoms with Gasteiger partial charge in [-0.15, -0.1) is 0 Å². The average Bonchev–Trinajstić information content (AvgIpc) is 3.23. The lowest BCUT2D eigenvalue weighted by Gasteiger charge is -2.57. The summed E-state index contributed by atoms with van der Waals surface area (Å²) < 4.78 is 5.43. The zero-order valence-corrected chi connectivity index (χ0v) is 16.2. The number of hydrogen-bond acceptors (Lipinski definition) is 4. The van der Waals surface area contributed by atoms with Crippen LogP contribution in [-0.2, 0) is 4.79 Å². The lowest BCUT2D eigenvalue weighted by Crippen LogP contribution is -2.65. The van der Waals surface area contributed by atoms with Crippen molar-refractivity contribution in [2.45, 2.75) is 57.0 Å². The molecule has 0 bridgehead atoms. The number of nitrogens with one attached hydrogen (secondary N) is 1. The molecule has 3 aliphatic rings. The fourth-order valence-electron chi connectivity index (χ4n) is 5.74. The minimum absolute atomic E-state index is 0.0195. The van der Waals surface area contributed by atoms with Crippen LogP contribution in [0.2, 0.25) is 0 Å². The van der Waals surface area contributed by atoms with Crippen LogP contribution in [0.3, 0.4) is 0 Å². The molecule has 3 saturated heterocycles. The van der Waals surface area contributed by atoms with Gasteiger partial charge in [0.25, 0.3) is 5.91 Å². The van der Waals surface area contributed by atoms with Crippen molar-refractivity contribution < 1.29 is 14.0 Å². The summed E-state index contributed by atoms with van der Waals surface area (Å²) >= 11 is 0. The smallest absolute Gasteiger partial charge is 0.289 e. The maximum Gasteiger partial charge on any atom is 0.289 e. The molecule has 3 fully saturated rings. The first-order valence-electron chi connectivity index (χ1n) is 10.5. The second-order valence-corrected chi connectivity index (χ2v) is 8.30. The number of amides is 2. The van der Waals surface area contributed by atoms with Crippen molar-refractivity contribution in [3.8, 4) is 0 Å². The van der Waals surface area contributed by atoms with Crippen LogP contribution < -0.4 is 5.32 Å². The van der Waals surface area contributed by atoms with Crippen LogP contribution in [0, 0.1) is 11.8 Å². The molecule has 0 spiro atoms. The lowest BCUT2D eigenvalue weighted by molar-refractivity contribution is -0.120. The van der Waals surface area contributed by atoms with Gasteiger partial charge < -0.3 is 14.6 Å². The van der Waals surface area contributed by atoms with Crippen molar-refractivity contribution in [3.05, 3.63) is 24.2 Å². The van der Waals surface area contributed by atoms with E-state index in [2.05, 4.69) is 15.1 Å². The van der Waals surface area contributed by atoms with Gasteiger partial charge in [-0.25, -0.2) is 0 Å². The van der Waals surface area contributed by atoms with Gasteiger partial charge in [-0.2, -0.15) is 0 Å². The molecule has 6 nitrogen and oxygen atoms in total. The topological polar surface area (TPSA) is 65.8 Å². The largest absolute Gasteiger partial charge is 0.459 e. The molecule has 1 aromatic rings. The van der Waals surface area contributed by atoms with E-state index >= 15 is 0 Å². The van der Waals surface area contributed by atoms with Gasteiger partial charge in [-0.3, -0.25) is 14.5 Å². The van der Waals surface area contributed by atoms with Crippen molar-refractivity contribution in [1.29, 1.82) is 0 Å². The van der Waals surface area contributed by atoms with Gasteiger partial charge in [0.1, 0.15) is 0 Å². The quantitative estimate of drug-likeness (QED) is 0.861. The number of piperidine rings is 3. The zero-order valence-electron chi connectivity index (χ0n) is 16.2. The Kier molecular flexibility index (Phi) is 5.53. The Labute approximate surface area is 161 Å². The second kappa shape index (κ2) is 8.05. The van der Waals surface area contributed by atoms with Crippen LogP contribution in [0.15, 0.2) is 22.8 Å². The van der Waals surface area contributed by atoms with E-state index in [1.807, 2.05) is 0 Å². The molecule has 148 valence electrons. The van der Waals surface area contributed by atoms with E-state index in [0.717, 1.165) is 19.4 Å². The number of carbonyl (C=O) groups excluding carboxylic acids is 2. The van der Waals surface area contributed by atoms with Crippen LogP contribution in [0.4, 0.5) is 0 Å². The van der Waals surface area contributed by atoms with E-state index in [1.165, 1.54) is 38.8 Å². The molecule has 0 aromatic carbocycles. The summed E-state index contributed by atoms with van der Waals surface area (Å²) in [5, 5.41) is 2.71. The molecule has 27 heavy (non-hydrogen) atoms.